The van der Waals surface area contributed by atoms with Gasteiger partial charge < -0.3 is 11.1 Å². The van der Waals surface area contributed by atoms with E-state index in [0.717, 1.165) is 12.5 Å². The van der Waals surface area contributed by atoms with E-state index in [9.17, 15) is 0 Å². The summed E-state index contributed by atoms with van der Waals surface area (Å²) in [6.45, 7) is 2.05. The number of hydrogen-bond acceptors (Lipinski definition) is 3. The number of nitrogens with one attached hydrogen (secondary N) is 1. The first kappa shape index (κ1) is 12.3. The van der Waals surface area contributed by atoms with Gasteiger partial charge in [-0.25, -0.2) is 0 Å². The standard InChI is InChI=1S/C11H24N2S/c1-14-8-3-2-7-13-11-6-4-5-10(11)9-12/h10-11,13H,2-9,12H2,1H3. The van der Waals surface area contributed by atoms with Gasteiger partial charge in [0.2, 0.25) is 0 Å². The smallest absolute Gasteiger partial charge is 0.0107 e. The zero-order valence-corrected chi connectivity index (χ0v) is 10.1. The minimum absolute atomic E-state index is 0.717. The molecule has 0 aromatic heterocycles. The second-order valence-corrected chi connectivity index (χ2v) is 5.17. The van der Waals surface area contributed by atoms with Crippen molar-refractivity contribution in [1.82, 2.24) is 5.32 Å². The van der Waals surface area contributed by atoms with Crippen LogP contribution in [0.2, 0.25) is 0 Å². The lowest BCUT2D eigenvalue weighted by atomic mass is 10.0. The van der Waals surface area contributed by atoms with Gasteiger partial charge in [0.25, 0.3) is 0 Å². The second kappa shape index (κ2) is 7.55. The van der Waals surface area contributed by atoms with Crippen LogP contribution >= 0.6 is 11.8 Å². The molecule has 84 valence electrons. The summed E-state index contributed by atoms with van der Waals surface area (Å²) in [4.78, 5) is 0. The minimum atomic E-state index is 0.717. The fourth-order valence-corrected chi connectivity index (χ4v) is 2.74. The minimum Gasteiger partial charge on any atom is -0.330 e. The van der Waals surface area contributed by atoms with Crippen molar-refractivity contribution in [3.8, 4) is 0 Å². The van der Waals surface area contributed by atoms with Crippen molar-refractivity contribution in [3.63, 3.8) is 0 Å². The molecule has 0 radical (unpaired) electrons. The van der Waals surface area contributed by atoms with E-state index in [1.165, 1.54) is 44.4 Å². The van der Waals surface area contributed by atoms with E-state index in [1.807, 2.05) is 11.8 Å². The maximum atomic E-state index is 5.73. The van der Waals surface area contributed by atoms with Crippen molar-refractivity contribution in [2.75, 3.05) is 25.1 Å². The van der Waals surface area contributed by atoms with Crippen LogP contribution < -0.4 is 11.1 Å². The Labute approximate surface area is 92.4 Å². The monoisotopic (exact) mass is 216 g/mol. The van der Waals surface area contributed by atoms with Crippen molar-refractivity contribution < 1.29 is 0 Å². The van der Waals surface area contributed by atoms with Crippen LogP contribution in [0.25, 0.3) is 0 Å². The molecular formula is C11H24N2S. The molecule has 2 unspecified atom stereocenters. The van der Waals surface area contributed by atoms with Crippen LogP contribution in [0.5, 0.6) is 0 Å². The third kappa shape index (κ3) is 4.20. The second-order valence-electron chi connectivity index (χ2n) is 4.19. The Hall–Kier alpha value is 0.270. The molecule has 0 aliphatic heterocycles. The average Bonchev–Trinajstić information content (AvgIpc) is 2.65. The predicted molar refractivity (Wildman–Crippen MR) is 65.8 cm³/mol. The van der Waals surface area contributed by atoms with E-state index in [1.54, 1.807) is 0 Å². The fourth-order valence-electron chi connectivity index (χ4n) is 2.25. The highest BCUT2D eigenvalue weighted by Crippen LogP contribution is 2.24. The highest BCUT2D eigenvalue weighted by molar-refractivity contribution is 7.98. The van der Waals surface area contributed by atoms with Crippen LogP contribution in [0, 0.1) is 5.92 Å². The highest BCUT2D eigenvalue weighted by Gasteiger charge is 2.24. The number of rotatable bonds is 7. The van der Waals surface area contributed by atoms with E-state index in [2.05, 4.69) is 11.6 Å². The molecule has 3 N–H and O–H groups in total. The van der Waals surface area contributed by atoms with Crippen molar-refractivity contribution in [2.45, 2.75) is 38.1 Å². The summed E-state index contributed by atoms with van der Waals surface area (Å²) in [5.74, 6) is 2.04. The summed E-state index contributed by atoms with van der Waals surface area (Å²) in [6.07, 6.45) is 8.87. The van der Waals surface area contributed by atoms with E-state index in [-0.39, 0.29) is 0 Å². The van der Waals surface area contributed by atoms with Gasteiger partial charge in [0.05, 0.1) is 0 Å². The van der Waals surface area contributed by atoms with Crippen LogP contribution in [0.3, 0.4) is 0 Å². The summed E-state index contributed by atoms with van der Waals surface area (Å²) < 4.78 is 0. The largest absolute Gasteiger partial charge is 0.330 e. The highest BCUT2D eigenvalue weighted by atomic mass is 32.2. The number of thioether (sulfide) groups is 1. The van der Waals surface area contributed by atoms with Gasteiger partial charge >= 0.3 is 0 Å². The molecule has 0 spiro atoms. The van der Waals surface area contributed by atoms with E-state index in [0.29, 0.717) is 6.04 Å². The molecule has 2 atom stereocenters. The third-order valence-corrected chi connectivity index (χ3v) is 3.84. The summed E-state index contributed by atoms with van der Waals surface area (Å²) in [5.41, 5.74) is 5.73. The predicted octanol–water partition coefficient (Wildman–Crippen LogP) is 1.85. The Balaban J connectivity index is 2.00. The molecule has 0 aromatic rings. The van der Waals surface area contributed by atoms with Gasteiger partial charge in [-0.05, 0) is 56.7 Å². The first-order chi connectivity index (χ1) is 6.88. The number of unbranched alkanes of at least 4 members (excludes halogenated alkanes) is 1. The quantitative estimate of drug-likeness (QED) is 0.638. The molecular weight excluding hydrogens is 192 g/mol. The molecule has 1 fully saturated rings. The molecule has 1 aliphatic rings. The van der Waals surface area contributed by atoms with Crippen LogP contribution in [-0.4, -0.2) is 31.1 Å². The molecule has 0 amide bonds. The molecule has 1 aliphatic carbocycles. The molecule has 0 aromatic carbocycles. The third-order valence-electron chi connectivity index (χ3n) is 3.14. The molecule has 0 heterocycles. The molecule has 14 heavy (non-hydrogen) atoms. The van der Waals surface area contributed by atoms with Gasteiger partial charge in [0, 0.05) is 6.04 Å². The molecule has 0 saturated heterocycles. The summed E-state index contributed by atoms with van der Waals surface area (Å²) in [5, 5.41) is 3.65. The van der Waals surface area contributed by atoms with Crippen LogP contribution in [0.4, 0.5) is 0 Å². The lowest BCUT2D eigenvalue weighted by molar-refractivity contribution is 0.405. The molecule has 2 nitrogen and oxygen atoms in total. The average molecular weight is 216 g/mol. The first-order valence-electron chi connectivity index (χ1n) is 5.81. The first-order valence-corrected chi connectivity index (χ1v) is 7.20. The molecule has 1 rings (SSSR count). The molecule has 1 saturated carbocycles. The van der Waals surface area contributed by atoms with Gasteiger partial charge in [-0.2, -0.15) is 11.8 Å². The molecule has 0 bridgehead atoms. The molecule has 3 heteroatoms. The van der Waals surface area contributed by atoms with E-state index < -0.39 is 0 Å². The Bertz CT molecular complexity index is 141. The van der Waals surface area contributed by atoms with Gasteiger partial charge in [0.1, 0.15) is 0 Å². The number of hydrogen-bond donors (Lipinski definition) is 2. The SMILES string of the molecule is CSCCCCNC1CCCC1CN. The zero-order chi connectivity index (χ0) is 10.2. The van der Waals surface area contributed by atoms with E-state index in [4.69, 9.17) is 5.73 Å². The van der Waals surface area contributed by atoms with Gasteiger partial charge in [-0.3, -0.25) is 0 Å². The normalized spacial score (nSPS) is 27.0. The summed E-state index contributed by atoms with van der Waals surface area (Å²) >= 11 is 1.94. The summed E-state index contributed by atoms with van der Waals surface area (Å²) in [6, 6.07) is 0.717. The maximum Gasteiger partial charge on any atom is 0.0107 e. The van der Waals surface area contributed by atoms with Crippen LogP contribution in [0.15, 0.2) is 0 Å². The van der Waals surface area contributed by atoms with E-state index >= 15 is 0 Å². The lowest BCUT2D eigenvalue weighted by Crippen LogP contribution is -2.36. The van der Waals surface area contributed by atoms with Crippen molar-refractivity contribution in [2.24, 2.45) is 11.7 Å². The van der Waals surface area contributed by atoms with Gasteiger partial charge in [-0.15, -0.1) is 0 Å². The summed E-state index contributed by atoms with van der Waals surface area (Å²) in [7, 11) is 0. The fraction of sp³-hybridized carbons (Fsp3) is 1.00. The van der Waals surface area contributed by atoms with Gasteiger partial charge in [-0.1, -0.05) is 6.42 Å². The van der Waals surface area contributed by atoms with Crippen LogP contribution in [-0.2, 0) is 0 Å². The zero-order valence-electron chi connectivity index (χ0n) is 9.30. The van der Waals surface area contributed by atoms with Crippen LogP contribution in [0.1, 0.15) is 32.1 Å². The maximum absolute atomic E-state index is 5.73. The van der Waals surface area contributed by atoms with Crippen molar-refractivity contribution in [1.29, 1.82) is 0 Å². The number of nitrogens with two attached hydrogens (primary N) is 1. The Morgan fingerprint density at radius 1 is 1.36 bits per heavy atom. The van der Waals surface area contributed by atoms with Crippen molar-refractivity contribution in [3.05, 3.63) is 0 Å². The topological polar surface area (TPSA) is 38.0 Å². The lowest BCUT2D eigenvalue weighted by Gasteiger charge is -2.19. The van der Waals surface area contributed by atoms with Crippen molar-refractivity contribution >= 4 is 11.8 Å². The van der Waals surface area contributed by atoms with Gasteiger partial charge in [0.15, 0.2) is 0 Å². The Morgan fingerprint density at radius 3 is 2.93 bits per heavy atom. The Morgan fingerprint density at radius 2 is 2.21 bits per heavy atom. The Kier molecular flexibility index (Phi) is 6.65.